The average Bonchev–Trinajstić information content (AvgIpc) is 3.16. The highest BCUT2D eigenvalue weighted by atomic mass is 32.2. The van der Waals surface area contributed by atoms with Crippen LogP contribution in [0.3, 0.4) is 0 Å². The maximum atomic E-state index is 12.3. The molecule has 0 bridgehead atoms. The Morgan fingerprint density at radius 1 is 1.07 bits per heavy atom. The first kappa shape index (κ1) is 20.1. The van der Waals surface area contributed by atoms with E-state index >= 15 is 0 Å². The molecule has 146 valence electrons. The van der Waals surface area contributed by atoms with Gasteiger partial charge in [-0.25, -0.2) is 0 Å². The second-order valence-corrected chi connectivity index (χ2v) is 7.44. The fourth-order valence-corrected chi connectivity index (χ4v) is 3.90. The molecule has 7 heteroatoms. The first-order valence-corrected chi connectivity index (χ1v) is 10.4. The topological polar surface area (TPSA) is 63.9 Å². The SMILES string of the molecule is CCCN(C)C(=O)c1ccc(CSc2nnc(-c3ccncc3)n2CC)cc1. The molecule has 28 heavy (non-hydrogen) atoms. The van der Waals surface area contributed by atoms with Gasteiger partial charge in [-0.2, -0.15) is 0 Å². The lowest BCUT2D eigenvalue weighted by Crippen LogP contribution is -2.27. The molecule has 1 amide bonds. The van der Waals surface area contributed by atoms with E-state index in [0.29, 0.717) is 0 Å². The van der Waals surface area contributed by atoms with Crippen LogP contribution in [0.1, 0.15) is 36.2 Å². The van der Waals surface area contributed by atoms with E-state index < -0.39 is 0 Å². The van der Waals surface area contributed by atoms with Crippen LogP contribution in [0.2, 0.25) is 0 Å². The van der Waals surface area contributed by atoms with Gasteiger partial charge in [0.25, 0.3) is 5.91 Å². The van der Waals surface area contributed by atoms with Crippen LogP contribution in [0.15, 0.2) is 53.9 Å². The summed E-state index contributed by atoms with van der Waals surface area (Å²) in [6.45, 7) is 5.72. The Morgan fingerprint density at radius 3 is 2.43 bits per heavy atom. The van der Waals surface area contributed by atoms with Crippen LogP contribution in [-0.4, -0.2) is 44.1 Å². The van der Waals surface area contributed by atoms with E-state index in [1.54, 1.807) is 29.1 Å². The van der Waals surface area contributed by atoms with Gasteiger partial charge in [0.05, 0.1) is 0 Å². The van der Waals surface area contributed by atoms with Crippen LogP contribution < -0.4 is 0 Å². The van der Waals surface area contributed by atoms with E-state index in [-0.39, 0.29) is 5.91 Å². The van der Waals surface area contributed by atoms with Gasteiger partial charge in [-0.05, 0) is 43.2 Å². The van der Waals surface area contributed by atoms with Crippen molar-refractivity contribution in [2.45, 2.75) is 37.7 Å². The van der Waals surface area contributed by atoms with Crippen LogP contribution >= 0.6 is 11.8 Å². The summed E-state index contributed by atoms with van der Waals surface area (Å²) in [5.74, 6) is 1.69. The predicted octanol–water partition coefficient (Wildman–Crippen LogP) is 4.13. The maximum Gasteiger partial charge on any atom is 0.253 e. The molecule has 0 aliphatic rings. The third-order valence-electron chi connectivity index (χ3n) is 4.45. The molecular weight excluding hydrogens is 370 g/mol. The molecular formula is C21H25N5OS. The molecule has 0 aliphatic carbocycles. The highest BCUT2D eigenvalue weighted by Gasteiger charge is 2.14. The number of hydrogen-bond donors (Lipinski definition) is 0. The zero-order valence-corrected chi connectivity index (χ0v) is 17.3. The van der Waals surface area contributed by atoms with Crippen molar-refractivity contribution < 1.29 is 4.79 Å². The fraction of sp³-hybridized carbons (Fsp3) is 0.333. The molecule has 0 saturated carbocycles. The van der Waals surface area contributed by atoms with Crippen molar-refractivity contribution in [1.82, 2.24) is 24.6 Å². The van der Waals surface area contributed by atoms with Gasteiger partial charge in [0.15, 0.2) is 11.0 Å². The van der Waals surface area contributed by atoms with Gasteiger partial charge < -0.3 is 9.47 Å². The Labute approximate surface area is 170 Å². The van der Waals surface area contributed by atoms with Crippen LogP contribution in [0.5, 0.6) is 0 Å². The Balaban J connectivity index is 1.68. The summed E-state index contributed by atoms with van der Waals surface area (Å²) in [5.41, 5.74) is 2.88. The number of amides is 1. The van der Waals surface area contributed by atoms with Crippen molar-refractivity contribution in [3.8, 4) is 11.4 Å². The van der Waals surface area contributed by atoms with Gasteiger partial charge in [-0.15, -0.1) is 10.2 Å². The second-order valence-electron chi connectivity index (χ2n) is 6.50. The average molecular weight is 396 g/mol. The molecule has 0 radical (unpaired) electrons. The van der Waals surface area contributed by atoms with Crippen LogP contribution in [0.25, 0.3) is 11.4 Å². The van der Waals surface area contributed by atoms with Gasteiger partial charge in [-0.1, -0.05) is 30.8 Å². The highest BCUT2D eigenvalue weighted by molar-refractivity contribution is 7.98. The molecule has 0 unspecified atom stereocenters. The number of rotatable bonds is 8. The smallest absolute Gasteiger partial charge is 0.253 e. The molecule has 3 rings (SSSR count). The predicted molar refractivity (Wildman–Crippen MR) is 112 cm³/mol. The van der Waals surface area contributed by atoms with Gasteiger partial charge in [0.2, 0.25) is 0 Å². The second kappa shape index (κ2) is 9.50. The molecule has 0 N–H and O–H groups in total. The van der Waals surface area contributed by atoms with E-state index in [2.05, 4.69) is 33.6 Å². The molecule has 1 aromatic carbocycles. The highest BCUT2D eigenvalue weighted by Crippen LogP contribution is 2.26. The minimum absolute atomic E-state index is 0.0637. The maximum absolute atomic E-state index is 12.3. The van der Waals surface area contributed by atoms with Crippen molar-refractivity contribution in [2.75, 3.05) is 13.6 Å². The molecule has 0 spiro atoms. The molecule has 3 aromatic rings. The molecule has 0 atom stereocenters. The van der Waals surface area contributed by atoms with E-state index in [1.807, 2.05) is 43.4 Å². The molecule has 0 saturated heterocycles. The molecule has 0 aliphatic heterocycles. The zero-order chi connectivity index (χ0) is 19.9. The van der Waals surface area contributed by atoms with Crippen molar-refractivity contribution in [3.63, 3.8) is 0 Å². The third-order valence-corrected chi connectivity index (χ3v) is 5.48. The first-order chi connectivity index (χ1) is 13.6. The number of thioether (sulfide) groups is 1. The Morgan fingerprint density at radius 2 is 1.79 bits per heavy atom. The number of aromatic nitrogens is 4. The van der Waals surface area contributed by atoms with Crippen molar-refractivity contribution in [2.24, 2.45) is 0 Å². The van der Waals surface area contributed by atoms with Gasteiger partial charge in [0, 0.05) is 49.4 Å². The Bertz CT molecular complexity index is 908. The Hall–Kier alpha value is -2.67. The zero-order valence-electron chi connectivity index (χ0n) is 16.5. The van der Waals surface area contributed by atoms with Gasteiger partial charge in [0.1, 0.15) is 0 Å². The first-order valence-electron chi connectivity index (χ1n) is 9.44. The summed E-state index contributed by atoms with van der Waals surface area (Å²) in [5, 5.41) is 9.61. The standard InChI is InChI=1S/C21H25N5OS/c1-4-14-25(3)20(27)18-8-6-16(7-9-18)15-28-21-24-23-19(26(21)5-2)17-10-12-22-13-11-17/h6-13H,4-5,14-15H2,1-3H3. The van der Waals surface area contributed by atoms with Crippen molar-refractivity contribution in [3.05, 3.63) is 59.9 Å². The van der Waals surface area contributed by atoms with Crippen LogP contribution in [-0.2, 0) is 12.3 Å². The molecule has 2 aromatic heterocycles. The lowest BCUT2D eigenvalue weighted by molar-refractivity contribution is 0.0795. The van der Waals surface area contributed by atoms with Crippen molar-refractivity contribution in [1.29, 1.82) is 0 Å². The summed E-state index contributed by atoms with van der Waals surface area (Å²) < 4.78 is 2.11. The largest absolute Gasteiger partial charge is 0.342 e. The quantitative estimate of drug-likeness (QED) is 0.537. The summed E-state index contributed by atoms with van der Waals surface area (Å²) in [7, 11) is 1.84. The number of carbonyl (C=O) groups is 1. The van der Waals surface area contributed by atoms with Crippen LogP contribution in [0, 0.1) is 0 Å². The molecule has 2 heterocycles. The lowest BCUT2D eigenvalue weighted by atomic mass is 10.1. The van der Waals surface area contributed by atoms with E-state index in [9.17, 15) is 4.79 Å². The lowest BCUT2D eigenvalue weighted by Gasteiger charge is -2.16. The number of pyridine rings is 1. The summed E-state index contributed by atoms with van der Waals surface area (Å²) in [4.78, 5) is 18.2. The van der Waals surface area contributed by atoms with E-state index in [0.717, 1.165) is 52.9 Å². The monoisotopic (exact) mass is 395 g/mol. The van der Waals surface area contributed by atoms with Gasteiger partial charge in [-0.3, -0.25) is 9.78 Å². The summed E-state index contributed by atoms with van der Waals surface area (Å²) in [6.07, 6.45) is 4.48. The third kappa shape index (κ3) is 4.59. The summed E-state index contributed by atoms with van der Waals surface area (Å²) in [6, 6.07) is 11.7. The van der Waals surface area contributed by atoms with Crippen LogP contribution in [0.4, 0.5) is 0 Å². The molecule has 0 fully saturated rings. The fourth-order valence-electron chi connectivity index (χ4n) is 2.94. The normalized spacial score (nSPS) is 10.8. The minimum atomic E-state index is 0.0637. The van der Waals surface area contributed by atoms with E-state index in [4.69, 9.17) is 0 Å². The Kier molecular flexibility index (Phi) is 6.81. The number of benzene rings is 1. The minimum Gasteiger partial charge on any atom is -0.342 e. The number of carbonyl (C=O) groups excluding carboxylic acids is 1. The molecule has 6 nitrogen and oxygen atoms in total. The van der Waals surface area contributed by atoms with Gasteiger partial charge >= 0.3 is 0 Å². The van der Waals surface area contributed by atoms with E-state index in [1.165, 1.54) is 0 Å². The van der Waals surface area contributed by atoms with Crippen molar-refractivity contribution >= 4 is 17.7 Å². The summed E-state index contributed by atoms with van der Waals surface area (Å²) >= 11 is 1.65. The number of nitrogens with zero attached hydrogens (tertiary/aromatic N) is 5. The number of hydrogen-bond acceptors (Lipinski definition) is 5.